The third-order valence-electron chi connectivity index (χ3n) is 3.98. The van der Waals surface area contributed by atoms with Gasteiger partial charge < -0.3 is 9.88 Å². The Morgan fingerprint density at radius 3 is 2.88 bits per heavy atom. The minimum Gasteiger partial charge on any atom is -0.349 e. The molecule has 0 aliphatic rings. The number of imidazole rings is 1. The van der Waals surface area contributed by atoms with Crippen molar-refractivity contribution in [2.45, 2.75) is 33.5 Å². The standard InChI is InChI=1S/C17H20ClN5O/c1-3-23-15-7-5-4-6-14(15)21-16(23)9-19-17(24)12(2)10-22-11-13(18)8-20-22/h4-8,11-12H,3,9-10H2,1-2H3,(H,19,24)/t12-/m0/s1. The van der Waals surface area contributed by atoms with Crippen LogP contribution in [0.3, 0.4) is 0 Å². The van der Waals surface area contributed by atoms with E-state index in [1.54, 1.807) is 17.1 Å². The second kappa shape index (κ2) is 7.05. The highest BCUT2D eigenvalue weighted by molar-refractivity contribution is 6.30. The molecule has 3 aromatic rings. The maximum Gasteiger partial charge on any atom is 0.225 e. The quantitative estimate of drug-likeness (QED) is 0.747. The normalized spacial score (nSPS) is 12.5. The van der Waals surface area contributed by atoms with Gasteiger partial charge in [0.2, 0.25) is 5.91 Å². The zero-order valence-electron chi connectivity index (χ0n) is 13.7. The van der Waals surface area contributed by atoms with E-state index in [2.05, 4.69) is 26.9 Å². The number of hydrogen-bond acceptors (Lipinski definition) is 3. The molecule has 2 aromatic heterocycles. The van der Waals surface area contributed by atoms with Crippen molar-refractivity contribution in [2.24, 2.45) is 5.92 Å². The van der Waals surface area contributed by atoms with Gasteiger partial charge in [-0.3, -0.25) is 9.48 Å². The van der Waals surface area contributed by atoms with Crippen LogP contribution in [0.15, 0.2) is 36.7 Å². The molecule has 3 rings (SSSR count). The molecule has 2 heterocycles. The molecular formula is C17H20ClN5O. The molecule has 0 unspecified atom stereocenters. The van der Waals surface area contributed by atoms with Crippen molar-refractivity contribution in [2.75, 3.05) is 0 Å². The van der Waals surface area contributed by atoms with Crippen LogP contribution in [-0.4, -0.2) is 25.2 Å². The number of aryl methyl sites for hydroxylation is 1. The summed E-state index contributed by atoms with van der Waals surface area (Å²) in [5.74, 6) is 0.623. The first-order chi connectivity index (χ1) is 11.6. The third kappa shape index (κ3) is 3.43. The van der Waals surface area contributed by atoms with E-state index in [0.29, 0.717) is 18.1 Å². The van der Waals surface area contributed by atoms with Crippen LogP contribution in [0.4, 0.5) is 0 Å². The molecule has 0 aliphatic heterocycles. The van der Waals surface area contributed by atoms with Crippen LogP contribution in [0.1, 0.15) is 19.7 Å². The van der Waals surface area contributed by atoms with Crippen molar-refractivity contribution in [3.8, 4) is 0 Å². The Kier molecular flexibility index (Phi) is 4.85. The summed E-state index contributed by atoms with van der Waals surface area (Å²) < 4.78 is 3.79. The number of rotatable bonds is 6. The molecule has 0 saturated carbocycles. The molecule has 0 spiro atoms. The molecule has 1 atom stereocenters. The smallest absolute Gasteiger partial charge is 0.225 e. The van der Waals surface area contributed by atoms with Gasteiger partial charge in [-0.05, 0) is 19.1 Å². The summed E-state index contributed by atoms with van der Waals surface area (Å²) in [6.07, 6.45) is 3.28. The first-order valence-electron chi connectivity index (χ1n) is 7.98. The van der Waals surface area contributed by atoms with Gasteiger partial charge in [-0.25, -0.2) is 4.98 Å². The van der Waals surface area contributed by atoms with Crippen LogP contribution in [0, 0.1) is 5.92 Å². The van der Waals surface area contributed by atoms with E-state index >= 15 is 0 Å². The molecule has 1 N–H and O–H groups in total. The largest absolute Gasteiger partial charge is 0.349 e. The molecule has 0 radical (unpaired) electrons. The Morgan fingerprint density at radius 1 is 1.38 bits per heavy atom. The molecule has 0 aliphatic carbocycles. The predicted molar refractivity (Wildman–Crippen MR) is 93.7 cm³/mol. The van der Waals surface area contributed by atoms with Crippen LogP contribution in [0.2, 0.25) is 5.02 Å². The number of benzene rings is 1. The average molecular weight is 346 g/mol. The lowest BCUT2D eigenvalue weighted by Crippen LogP contribution is -2.32. The van der Waals surface area contributed by atoms with E-state index in [1.807, 2.05) is 31.2 Å². The van der Waals surface area contributed by atoms with E-state index in [0.717, 1.165) is 23.4 Å². The minimum absolute atomic E-state index is 0.0312. The highest BCUT2D eigenvalue weighted by Crippen LogP contribution is 2.16. The number of amides is 1. The monoisotopic (exact) mass is 345 g/mol. The molecule has 0 saturated heterocycles. The fourth-order valence-corrected chi connectivity index (χ4v) is 2.91. The van der Waals surface area contributed by atoms with Gasteiger partial charge in [-0.1, -0.05) is 30.7 Å². The van der Waals surface area contributed by atoms with E-state index in [9.17, 15) is 4.79 Å². The van der Waals surface area contributed by atoms with Crippen molar-refractivity contribution in [3.05, 3.63) is 47.5 Å². The summed E-state index contributed by atoms with van der Waals surface area (Å²) in [5.41, 5.74) is 2.03. The van der Waals surface area contributed by atoms with Crippen LogP contribution in [-0.2, 0) is 24.4 Å². The lowest BCUT2D eigenvalue weighted by molar-refractivity contribution is -0.125. The highest BCUT2D eigenvalue weighted by Gasteiger charge is 2.16. The zero-order chi connectivity index (χ0) is 17.1. The van der Waals surface area contributed by atoms with Gasteiger partial charge in [-0.15, -0.1) is 0 Å². The molecule has 0 bridgehead atoms. The number of carbonyl (C=O) groups is 1. The minimum atomic E-state index is -0.208. The Labute approximate surface area is 145 Å². The van der Waals surface area contributed by atoms with E-state index < -0.39 is 0 Å². The molecule has 126 valence electrons. The number of carbonyl (C=O) groups excluding carboxylic acids is 1. The summed E-state index contributed by atoms with van der Waals surface area (Å²) in [4.78, 5) is 16.9. The molecule has 7 heteroatoms. The SMILES string of the molecule is CCn1c(CNC(=O)[C@@H](C)Cn2cc(Cl)cn2)nc2ccccc21. The fourth-order valence-electron chi connectivity index (χ4n) is 2.76. The van der Waals surface area contributed by atoms with Crippen molar-refractivity contribution in [1.82, 2.24) is 24.6 Å². The Bertz CT molecular complexity index is 854. The third-order valence-corrected chi connectivity index (χ3v) is 4.18. The summed E-state index contributed by atoms with van der Waals surface area (Å²) in [6, 6.07) is 7.99. The average Bonchev–Trinajstić information content (AvgIpc) is 3.15. The van der Waals surface area contributed by atoms with Crippen molar-refractivity contribution in [3.63, 3.8) is 0 Å². The number of nitrogens with zero attached hydrogens (tertiary/aromatic N) is 4. The van der Waals surface area contributed by atoms with Crippen molar-refractivity contribution < 1.29 is 4.79 Å². The maximum absolute atomic E-state index is 12.3. The summed E-state index contributed by atoms with van der Waals surface area (Å²) in [5, 5.41) is 7.63. The van der Waals surface area contributed by atoms with Crippen LogP contribution in [0.25, 0.3) is 11.0 Å². The number of para-hydroxylation sites is 2. The summed E-state index contributed by atoms with van der Waals surface area (Å²) in [6.45, 7) is 5.65. The number of hydrogen-bond donors (Lipinski definition) is 1. The highest BCUT2D eigenvalue weighted by atomic mass is 35.5. The lowest BCUT2D eigenvalue weighted by atomic mass is 10.1. The topological polar surface area (TPSA) is 64.7 Å². The van der Waals surface area contributed by atoms with Crippen LogP contribution in [0.5, 0.6) is 0 Å². The van der Waals surface area contributed by atoms with Crippen molar-refractivity contribution in [1.29, 1.82) is 0 Å². The number of aromatic nitrogens is 4. The lowest BCUT2D eigenvalue weighted by Gasteiger charge is -2.13. The number of fused-ring (bicyclic) bond motifs is 1. The maximum atomic E-state index is 12.3. The van der Waals surface area contributed by atoms with Crippen molar-refractivity contribution >= 4 is 28.5 Å². The molecule has 1 aromatic carbocycles. The van der Waals surface area contributed by atoms with Crippen LogP contribution < -0.4 is 5.32 Å². The Hall–Kier alpha value is -2.34. The van der Waals surface area contributed by atoms with E-state index in [-0.39, 0.29) is 11.8 Å². The van der Waals surface area contributed by atoms with Gasteiger partial charge in [0, 0.05) is 12.7 Å². The molecule has 24 heavy (non-hydrogen) atoms. The number of halogens is 1. The van der Waals surface area contributed by atoms with Gasteiger partial charge >= 0.3 is 0 Å². The second-order valence-electron chi connectivity index (χ2n) is 5.76. The summed E-state index contributed by atoms with van der Waals surface area (Å²) in [7, 11) is 0. The van der Waals surface area contributed by atoms with E-state index in [4.69, 9.17) is 11.6 Å². The predicted octanol–water partition coefficient (Wildman–Crippen LogP) is 2.86. The number of nitrogens with one attached hydrogen (secondary N) is 1. The fraction of sp³-hybridized carbons (Fsp3) is 0.353. The molecular weight excluding hydrogens is 326 g/mol. The van der Waals surface area contributed by atoms with Gasteiger partial charge in [0.25, 0.3) is 0 Å². The Balaban J connectivity index is 1.65. The van der Waals surface area contributed by atoms with Crippen LogP contribution >= 0.6 is 11.6 Å². The first kappa shape index (κ1) is 16.5. The van der Waals surface area contributed by atoms with Gasteiger partial charge in [0.05, 0.1) is 41.3 Å². The first-order valence-corrected chi connectivity index (χ1v) is 8.36. The molecule has 1 amide bonds. The molecule has 0 fully saturated rings. The molecule has 6 nitrogen and oxygen atoms in total. The Morgan fingerprint density at radius 2 is 2.17 bits per heavy atom. The second-order valence-corrected chi connectivity index (χ2v) is 6.20. The summed E-state index contributed by atoms with van der Waals surface area (Å²) >= 11 is 5.84. The van der Waals surface area contributed by atoms with Gasteiger partial charge in [-0.2, -0.15) is 5.10 Å². The zero-order valence-corrected chi connectivity index (χ0v) is 14.5. The van der Waals surface area contributed by atoms with E-state index in [1.165, 1.54) is 0 Å². The van der Waals surface area contributed by atoms with Gasteiger partial charge in [0.1, 0.15) is 5.82 Å². The van der Waals surface area contributed by atoms with Gasteiger partial charge in [0.15, 0.2) is 0 Å².